The molecule has 3 amide bonds. The van der Waals surface area contributed by atoms with Crippen molar-refractivity contribution in [1.82, 2.24) is 10.0 Å². The molecule has 0 unspecified atom stereocenters. The minimum Gasteiger partial charge on any atom is -0.422 e. The molecule has 1 aliphatic heterocycles. The summed E-state index contributed by atoms with van der Waals surface area (Å²) in [5.74, 6) is -7.30. The molecule has 0 radical (unpaired) electrons. The van der Waals surface area contributed by atoms with Crippen LogP contribution in [0.1, 0.15) is 30.4 Å². The van der Waals surface area contributed by atoms with E-state index in [0.29, 0.717) is 14.9 Å². The number of hydrogen-bond acceptors (Lipinski definition) is 7. The van der Waals surface area contributed by atoms with Gasteiger partial charge in [0.25, 0.3) is 17.7 Å². The second-order valence-electron chi connectivity index (χ2n) is 10.4. The molecule has 3 aromatic rings. The number of carbonyl (C=O) groups is 5. The number of ketones is 1. The standard InChI is InChI=1S/C29H14Cl8N2O6S/c30-15-8-5-13(10-16(15)31)23(41)38(11-17(40)12-3-6-14(7-4-12)45-26(44)18-2-1-9-46-18)39-24(42)19-20(25(39)43)28(35)22(33)21(32)27(19,34)29(28,36)37/h1-10,19-20H,11H2/t19-,20-,27+,28+/m0/s1. The molecular formula is C29H14Cl8N2O6S. The molecule has 1 saturated heterocycles. The molecule has 46 heavy (non-hydrogen) atoms. The molecule has 2 bridgehead atoms. The lowest BCUT2D eigenvalue weighted by atomic mass is 9.84. The number of carbonyl (C=O) groups excluding carboxylic acids is 5. The van der Waals surface area contributed by atoms with Gasteiger partial charge >= 0.3 is 5.97 Å². The number of halogens is 8. The third kappa shape index (κ3) is 4.73. The number of alkyl halides is 4. The highest BCUT2D eigenvalue weighted by Crippen LogP contribution is 2.77. The zero-order valence-electron chi connectivity index (χ0n) is 22.4. The predicted octanol–water partition coefficient (Wildman–Crippen LogP) is 7.96. The Morgan fingerprint density at radius 1 is 0.804 bits per heavy atom. The third-order valence-corrected chi connectivity index (χ3v) is 13.8. The van der Waals surface area contributed by atoms with Gasteiger partial charge in [0.15, 0.2) is 10.1 Å². The summed E-state index contributed by atoms with van der Waals surface area (Å²) in [5.41, 5.74) is -0.0591. The number of fused-ring (bicyclic) bond motifs is 5. The maximum absolute atomic E-state index is 14.1. The minimum atomic E-state index is -2.20. The summed E-state index contributed by atoms with van der Waals surface area (Å²) in [4.78, 5) is 64.0. The van der Waals surface area contributed by atoms with Gasteiger partial charge in [-0.25, -0.2) is 9.80 Å². The van der Waals surface area contributed by atoms with Crippen LogP contribution < -0.4 is 4.74 Å². The molecule has 1 aromatic heterocycles. The number of allylic oxidation sites excluding steroid dienone is 2. The van der Waals surface area contributed by atoms with Crippen LogP contribution >= 0.6 is 104 Å². The van der Waals surface area contributed by atoms with E-state index in [2.05, 4.69) is 0 Å². The van der Waals surface area contributed by atoms with Crippen molar-refractivity contribution in [3.05, 3.63) is 96.1 Å². The molecule has 6 rings (SSSR count). The molecule has 0 spiro atoms. The number of Topliss-reactive ketones (excluding diaryl/α,β-unsaturated/α-hetero) is 1. The lowest BCUT2D eigenvalue weighted by Crippen LogP contribution is -2.56. The van der Waals surface area contributed by atoms with Crippen LogP contribution in [0.3, 0.4) is 0 Å². The van der Waals surface area contributed by atoms with Crippen LogP contribution in [0, 0.1) is 11.8 Å². The molecule has 2 aliphatic carbocycles. The van der Waals surface area contributed by atoms with Crippen molar-refractivity contribution in [1.29, 1.82) is 0 Å². The molecule has 17 heteroatoms. The second-order valence-corrected chi connectivity index (χ2v) is 15.4. The summed E-state index contributed by atoms with van der Waals surface area (Å²) < 4.78 is 3.12. The molecule has 2 heterocycles. The van der Waals surface area contributed by atoms with E-state index in [0.717, 1.165) is 0 Å². The first kappa shape index (κ1) is 33.8. The van der Waals surface area contributed by atoms with Crippen molar-refractivity contribution in [2.24, 2.45) is 11.8 Å². The van der Waals surface area contributed by atoms with Crippen molar-refractivity contribution in [3.63, 3.8) is 0 Å². The van der Waals surface area contributed by atoms with Gasteiger partial charge < -0.3 is 4.74 Å². The molecule has 238 valence electrons. The van der Waals surface area contributed by atoms with Crippen LogP contribution in [-0.4, -0.2) is 60.1 Å². The normalized spacial score (nSPS) is 26.0. The van der Waals surface area contributed by atoms with Crippen molar-refractivity contribution < 1.29 is 28.7 Å². The zero-order valence-corrected chi connectivity index (χ0v) is 29.3. The number of hydrazine groups is 1. The number of esters is 1. The lowest BCUT2D eigenvalue weighted by molar-refractivity contribution is -0.154. The summed E-state index contributed by atoms with van der Waals surface area (Å²) in [5, 5.41) is 2.32. The average Bonchev–Trinajstić information content (AvgIpc) is 3.71. The maximum Gasteiger partial charge on any atom is 0.353 e. The number of hydrogen-bond donors (Lipinski definition) is 0. The van der Waals surface area contributed by atoms with Gasteiger partial charge in [0.1, 0.15) is 26.9 Å². The molecule has 3 aliphatic rings. The number of nitrogens with zero attached hydrogens (tertiary/aromatic N) is 2. The number of rotatable bonds is 7. The average molecular weight is 802 g/mol. The van der Waals surface area contributed by atoms with Gasteiger partial charge in [-0.2, -0.15) is 5.01 Å². The Hall–Kier alpha value is -2.05. The Morgan fingerprint density at radius 3 is 1.89 bits per heavy atom. The fourth-order valence-corrected chi connectivity index (χ4v) is 9.54. The van der Waals surface area contributed by atoms with E-state index in [-0.39, 0.29) is 37.0 Å². The molecule has 8 nitrogen and oxygen atoms in total. The first-order valence-electron chi connectivity index (χ1n) is 12.9. The molecule has 0 N–H and O–H groups in total. The molecule has 2 fully saturated rings. The third-order valence-electron chi connectivity index (χ3n) is 7.93. The van der Waals surface area contributed by atoms with Gasteiger partial charge in [-0.3, -0.25) is 19.2 Å². The second kappa shape index (κ2) is 11.8. The Balaban J connectivity index is 1.34. The van der Waals surface area contributed by atoms with Gasteiger partial charge in [0, 0.05) is 11.1 Å². The fourth-order valence-electron chi connectivity index (χ4n) is 5.72. The van der Waals surface area contributed by atoms with Gasteiger partial charge in [-0.15, -0.1) is 34.5 Å². The van der Waals surface area contributed by atoms with Gasteiger partial charge in [-0.05, 0) is 53.9 Å². The summed E-state index contributed by atoms with van der Waals surface area (Å²) >= 11 is 52.9. The van der Waals surface area contributed by atoms with E-state index in [1.807, 2.05) is 0 Å². The van der Waals surface area contributed by atoms with Crippen LogP contribution in [-0.2, 0) is 9.59 Å². The molecule has 4 atom stereocenters. The molecule has 2 aromatic carbocycles. The smallest absolute Gasteiger partial charge is 0.353 e. The van der Waals surface area contributed by atoms with E-state index >= 15 is 0 Å². The van der Waals surface area contributed by atoms with Crippen LogP contribution in [0.25, 0.3) is 0 Å². The topological polar surface area (TPSA) is 101 Å². The Kier molecular flexibility index (Phi) is 8.70. The first-order chi connectivity index (χ1) is 21.6. The number of benzene rings is 2. The Morgan fingerprint density at radius 2 is 1.37 bits per heavy atom. The Bertz CT molecular complexity index is 1840. The van der Waals surface area contributed by atoms with Crippen molar-refractivity contribution in [2.45, 2.75) is 14.1 Å². The van der Waals surface area contributed by atoms with E-state index < -0.39 is 61.9 Å². The van der Waals surface area contributed by atoms with Gasteiger partial charge in [-0.1, -0.05) is 75.7 Å². The molecular weight excluding hydrogens is 788 g/mol. The van der Waals surface area contributed by atoms with Crippen molar-refractivity contribution >= 4 is 134 Å². The Labute approximate surface area is 304 Å². The van der Waals surface area contributed by atoms with E-state index in [9.17, 15) is 24.0 Å². The van der Waals surface area contributed by atoms with E-state index in [1.54, 1.807) is 17.5 Å². The van der Waals surface area contributed by atoms with Gasteiger partial charge in [0.2, 0.25) is 0 Å². The summed E-state index contributed by atoms with van der Waals surface area (Å²) in [7, 11) is 0. The van der Waals surface area contributed by atoms with Crippen molar-refractivity contribution in [3.8, 4) is 5.75 Å². The first-order valence-corrected chi connectivity index (χ1v) is 16.8. The monoisotopic (exact) mass is 798 g/mol. The van der Waals surface area contributed by atoms with E-state index in [1.165, 1.54) is 53.8 Å². The van der Waals surface area contributed by atoms with E-state index in [4.69, 9.17) is 97.5 Å². The lowest BCUT2D eigenvalue weighted by Gasteiger charge is -2.36. The number of imide groups is 1. The summed E-state index contributed by atoms with van der Waals surface area (Å²) in [6, 6.07) is 12.6. The predicted molar refractivity (Wildman–Crippen MR) is 177 cm³/mol. The highest BCUT2D eigenvalue weighted by atomic mass is 35.5. The quantitative estimate of drug-likeness (QED) is 0.0791. The van der Waals surface area contributed by atoms with Gasteiger partial charge in [0.05, 0.1) is 31.9 Å². The zero-order chi connectivity index (χ0) is 33.5. The largest absolute Gasteiger partial charge is 0.422 e. The summed E-state index contributed by atoms with van der Waals surface area (Å²) in [6.07, 6.45) is 0. The van der Waals surface area contributed by atoms with Crippen LogP contribution in [0.4, 0.5) is 0 Å². The van der Waals surface area contributed by atoms with Crippen LogP contribution in [0.15, 0.2) is 70.0 Å². The summed E-state index contributed by atoms with van der Waals surface area (Å²) in [6.45, 7) is -0.823. The van der Waals surface area contributed by atoms with Crippen molar-refractivity contribution in [2.75, 3.05) is 6.54 Å². The number of ether oxygens (including phenoxy) is 1. The maximum atomic E-state index is 14.1. The number of amides is 3. The highest BCUT2D eigenvalue weighted by molar-refractivity contribution is 7.12. The minimum absolute atomic E-state index is 0.00304. The van der Waals surface area contributed by atoms with Crippen LogP contribution in [0.5, 0.6) is 5.75 Å². The molecule has 1 saturated carbocycles. The van der Waals surface area contributed by atoms with Crippen LogP contribution in [0.2, 0.25) is 10.0 Å². The fraction of sp³-hybridized carbons (Fsp3) is 0.207. The highest BCUT2D eigenvalue weighted by Gasteiger charge is 2.88. The number of thiophene rings is 1. The SMILES string of the molecule is O=C(CN(C(=O)c1ccc(Cl)c(Cl)c1)N1C(=O)[C@@H]2[C@@H](C1=O)[C@@]1(Cl)C(Cl)=C(Cl)[C@@]2(Cl)C1(Cl)Cl)c1ccc(OC(=O)c2cccs2)cc1.